The summed E-state index contributed by atoms with van der Waals surface area (Å²) in [5.41, 5.74) is 10.3. The maximum Gasteiger partial charge on any atom is 0.319 e. The third-order valence-corrected chi connectivity index (χ3v) is 7.30. The molecule has 4 rings (SSSR count). The number of imidazole rings is 1. The normalized spacial score (nSPS) is 16.3. The van der Waals surface area contributed by atoms with Gasteiger partial charge < -0.3 is 30.6 Å². The van der Waals surface area contributed by atoms with Crippen LogP contribution in [0, 0.1) is 0 Å². The van der Waals surface area contributed by atoms with Gasteiger partial charge in [-0.05, 0) is 49.4 Å². The number of piperidine rings is 1. The third kappa shape index (κ3) is 7.58. The van der Waals surface area contributed by atoms with E-state index in [1.165, 1.54) is 0 Å². The molecule has 1 aliphatic heterocycles. The molecule has 9 heteroatoms. The van der Waals surface area contributed by atoms with E-state index in [9.17, 15) is 9.59 Å². The van der Waals surface area contributed by atoms with Crippen LogP contribution >= 0.6 is 0 Å². The number of carbonyl (C=O) groups is 2. The van der Waals surface area contributed by atoms with Crippen molar-refractivity contribution in [2.24, 2.45) is 5.73 Å². The molecule has 3 aromatic rings. The molecular weight excluding hydrogens is 492 g/mol. The maximum atomic E-state index is 13.2. The van der Waals surface area contributed by atoms with Gasteiger partial charge >= 0.3 is 6.03 Å². The number of fused-ring (bicyclic) bond motifs is 1. The first-order chi connectivity index (χ1) is 19.0. The lowest BCUT2D eigenvalue weighted by molar-refractivity contribution is -0.132. The Morgan fingerprint density at radius 2 is 1.97 bits per heavy atom. The number of para-hydroxylation sites is 3. The fourth-order valence-electron chi connectivity index (χ4n) is 5.37. The first-order valence-electron chi connectivity index (χ1n) is 14.1. The number of amides is 3. The molecule has 1 fully saturated rings. The van der Waals surface area contributed by atoms with Crippen LogP contribution in [0.4, 0.5) is 10.5 Å². The summed E-state index contributed by atoms with van der Waals surface area (Å²) >= 11 is 0. The van der Waals surface area contributed by atoms with Gasteiger partial charge in [-0.3, -0.25) is 4.79 Å². The Morgan fingerprint density at radius 1 is 1.18 bits per heavy atom. The Balaban J connectivity index is 1.32. The monoisotopic (exact) mass is 534 g/mol. The Morgan fingerprint density at radius 3 is 2.79 bits per heavy atom. The largest absolute Gasteiger partial charge is 0.385 e. The second-order valence-corrected chi connectivity index (χ2v) is 10.3. The molecule has 39 heavy (non-hydrogen) atoms. The molecule has 3 amide bonds. The Labute approximate surface area is 231 Å². The number of nitrogens with one attached hydrogen (secondary N) is 2. The van der Waals surface area contributed by atoms with Gasteiger partial charge in [0.05, 0.1) is 11.0 Å². The number of likely N-dealkylation sites (tertiary alicyclic amines) is 1. The number of nitrogens with two attached hydrogens (primary N) is 1. The first kappa shape index (κ1) is 28.6. The summed E-state index contributed by atoms with van der Waals surface area (Å²) in [5, 5.41) is 5.73. The molecule has 2 atom stereocenters. The van der Waals surface area contributed by atoms with Gasteiger partial charge in [0, 0.05) is 64.0 Å². The number of nitrogens with zero attached hydrogens (tertiary/aromatic N) is 3. The highest BCUT2D eigenvalue weighted by Gasteiger charge is 2.29. The zero-order valence-corrected chi connectivity index (χ0v) is 23.2. The van der Waals surface area contributed by atoms with Gasteiger partial charge in [0.25, 0.3) is 0 Å². The molecular formula is C30H42N6O3. The van der Waals surface area contributed by atoms with Crippen molar-refractivity contribution in [1.29, 1.82) is 0 Å². The number of hydrogen-bond acceptors (Lipinski definition) is 5. The topological polar surface area (TPSA) is 115 Å². The minimum Gasteiger partial charge on any atom is -0.385 e. The van der Waals surface area contributed by atoms with Crippen LogP contribution in [0.25, 0.3) is 11.0 Å². The summed E-state index contributed by atoms with van der Waals surface area (Å²) in [5.74, 6) is 1.22. The maximum absolute atomic E-state index is 13.2. The van der Waals surface area contributed by atoms with Gasteiger partial charge in [-0.15, -0.1) is 0 Å². The van der Waals surface area contributed by atoms with Crippen LogP contribution in [0.15, 0.2) is 48.5 Å². The second kappa shape index (κ2) is 14.1. The van der Waals surface area contributed by atoms with Gasteiger partial charge in [-0.2, -0.15) is 0 Å². The summed E-state index contributed by atoms with van der Waals surface area (Å²) in [4.78, 5) is 32.5. The fourth-order valence-corrected chi connectivity index (χ4v) is 5.37. The molecule has 0 saturated carbocycles. The highest BCUT2D eigenvalue weighted by molar-refractivity contribution is 5.90. The van der Waals surface area contributed by atoms with Crippen LogP contribution in [-0.2, 0) is 22.5 Å². The van der Waals surface area contributed by atoms with Crippen LogP contribution < -0.4 is 16.4 Å². The highest BCUT2D eigenvalue weighted by atomic mass is 16.5. The number of ether oxygens (including phenoxy) is 1. The second-order valence-electron chi connectivity index (χ2n) is 10.3. The molecule has 1 aliphatic rings. The van der Waals surface area contributed by atoms with E-state index in [4.69, 9.17) is 15.5 Å². The lowest BCUT2D eigenvalue weighted by Crippen LogP contribution is -2.45. The van der Waals surface area contributed by atoms with E-state index in [1.54, 1.807) is 7.11 Å². The van der Waals surface area contributed by atoms with Crippen molar-refractivity contribution in [3.8, 4) is 0 Å². The first-order valence-corrected chi connectivity index (χ1v) is 14.1. The van der Waals surface area contributed by atoms with Crippen LogP contribution in [0.5, 0.6) is 0 Å². The standard InChI is InChI=1S/C30H42N6O3/c1-3-10-22-11-4-5-13-25(22)34-30(38)32-20-24(31)19-28(37)35-16-8-12-23(21-35)29-33-26-14-6-7-15-27(26)36(29)17-9-18-39-2/h4-7,11,13-15,23-24H,3,8-10,12,16-21,31H2,1-2H3,(H2,32,34,38)/t23-,24+/m1/s1. The van der Waals surface area contributed by atoms with Crippen molar-refractivity contribution in [3.63, 3.8) is 0 Å². The predicted molar refractivity (Wildman–Crippen MR) is 155 cm³/mol. The van der Waals surface area contributed by atoms with Crippen LogP contribution in [0.1, 0.15) is 56.3 Å². The molecule has 0 spiro atoms. The van der Waals surface area contributed by atoms with Crippen molar-refractivity contribution in [2.45, 2.75) is 64.0 Å². The molecule has 2 heterocycles. The number of aromatic nitrogens is 2. The Kier molecular flexibility index (Phi) is 10.3. The number of rotatable bonds is 12. The van der Waals surface area contributed by atoms with E-state index < -0.39 is 6.04 Å². The van der Waals surface area contributed by atoms with Gasteiger partial charge in [0.2, 0.25) is 5.91 Å². The van der Waals surface area contributed by atoms with Gasteiger partial charge in [0.15, 0.2) is 0 Å². The van der Waals surface area contributed by atoms with Crippen molar-refractivity contribution >= 4 is 28.7 Å². The van der Waals surface area contributed by atoms with Crippen molar-refractivity contribution in [3.05, 3.63) is 59.9 Å². The molecule has 0 radical (unpaired) electrons. The third-order valence-electron chi connectivity index (χ3n) is 7.30. The average Bonchev–Trinajstić information content (AvgIpc) is 3.32. The van der Waals surface area contributed by atoms with E-state index >= 15 is 0 Å². The SMILES string of the molecule is CCCc1ccccc1NC(=O)NC[C@@H](N)CC(=O)N1CCC[C@@H](c2nc3ccccc3n2CCCOC)C1. The van der Waals surface area contributed by atoms with Gasteiger partial charge in [-0.25, -0.2) is 9.78 Å². The van der Waals surface area contributed by atoms with Crippen LogP contribution in [0.2, 0.25) is 0 Å². The summed E-state index contributed by atoms with van der Waals surface area (Å²) in [6.45, 7) is 5.19. The number of anilines is 1. The number of hydrogen-bond donors (Lipinski definition) is 3. The summed E-state index contributed by atoms with van der Waals surface area (Å²) in [6.07, 6.45) is 4.89. The van der Waals surface area contributed by atoms with E-state index in [-0.39, 0.29) is 30.8 Å². The Hall–Kier alpha value is -3.43. The molecule has 1 saturated heterocycles. The minimum absolute atomic E-state index is 0.0183. The Bertz CT molecular complexity index is 1240. The molecule has 9 nitrogen and oxygen atoms in total. The molecule has 0 unspecified atom stereocenters. The van der Waals surface area contributed by atoms with Crippen molar-refractivity contribution in [2.75, 3.05) is 38.7 Å². The van der Waals surface area contributed by atoms with Gasteiger partial charge in [-0.1, -0.05) is 43.7 Å². The van der Waals surface area contributed by atoms with E-state index in [1.807, 2.05) is 47.4 Å². The van der Waals surface area contributed by atoms with Crippen LogP contribution in [0.3, 0.4) is 0 Å². The summed E-state index contributed by atoms with van der Waals surface area (Å²) in [6, 6.07) is 15.2. The van der Waals surface area contributed by atoms with E-state index in [2.05, 4.69) is 28.2 Å². The average molecular weight is 535 g/mol. The lowest BCUT2D eigenvalue weighted by Gasteiger charge is -2.33. The van der Waals surface area contributed by atoms with Gasteiger partial charge in [0.1, 0.15) is 5.82 Å². The molecule has 0 aliphatic carbocycles. The predicted octanol–water partition coefficient (Wildman–Crippen LogP) is 4.27. The molecule has 0 bridgehead atoms. The number of aryl methyl sites for hydroxylation is 2. The highest BCUT2D eigenvalue weighted by Crippen LogP contribution is 2.30. The molecule has 1 aromatic heterocycles. The smallest absolute Gasteiger partial charge is 0.319 e. The lowest BCUT2D eigenvalue weighted by atomic mass is 9.96. The number of urea groups is 1. The van der Waals surface area contributed by atoms with E-state index in [0.29, 0.717) is 19.7 Å². The molecule has 4 N–H and O–H groups in total. The molecule has 210 valence electrons. The summed E-state index contributed by atoms with van der Waals surface area (Å²) < 4.78 is 7.57. The quantitative estimate of drug-likeness (QED) is 0.300. The number of benzene rings is 2. The summed E-state index contributed by atoms with van der Waals surface area (Å²) in [7, 11) is 1.72. The van der Waals surface area contributed by atoms with Crippen molar-refractivity contribution in [1.82, 2.24) is 19.8 Å². The minimum atomic E-state index is -0.465. The number of methoxy groups -OCH3 is 1. The fraction of sp³-hybridized carbons (Fsp3) is 0.500. The van der Waals surface area contributed by atoms with E-state index in [0.717, 1.165) is 66.8 Å². The zero-order valence-electron chi connectivity index (χ0n) is 23.2. The van der Waals surface area contributed by atoms with Crippen LogP contribution in [-0.4, -0.2) is 65.8 Å². The zero-order chi connectivity index (χ0) is 27.6. The number of carbonyl (C=O) groups excluding carboxylic acids is 2. The van der Waals surface area contributed by atoms with Crippen molar-refractivity contribution < 1.29 is 14.3 Å². The molecule has 2 aromatic carbocycles.